The van der Waals surface area contributed by atoms with E-state index < -0.39 is 4.92 Å². The first kappa shape index (κ1) is 13.3. The number of para-hydroxylation sites is 1. The fourth-order valence-corrected chi connectivity index (χ4v) is 2.35. The summed E-state index contributed by atoms with van der Waals surface area (Å²) in [5.41, 5.74) is 11.9. The summed E-state index contributed by atoms with van der Waals surface area (Å²) in [6.07, 6.45) is 0.726. The molecule has 1 aromatic rings. The van der Waals surface area contributed by atoms with Crippen molar-refractivity contribution in [1.29, 1.82) is 0 Å². The molecule has 0 aromatic heterocycles. The van der Waals surface area contributed by atoms with Crippen LogP contribution in [0, 0.1) is 16.0 Å². The molecule has 1 fully saturated rings. The number of nitrogens with zero attached hydrogens (tertiary/aromatic N) is 2. The van der Waals surface area contributed by atoms with Crippen molar-refractivity contribution in [3.05, 3.63) is 33.9 Å². The number of hydrogen-bond acceptors (Lipinski definition) is 5. The summed E-state index contributed by atoms with van der Waals surface area (Å²) in [7, 11) is 0. The van der Waals surface area contributed by atoms with E-state index in [1.807, 2.05) is 4.90 Å². The fourth-order valence-electron chi connectivity index (χ4n) is 2.35. The molecule has 1 aromatic carbocycles. The molecular weight excluding hydrogens is 248 g/mol. The highest BCUT2D eigenvalue weighted by Gasteiger charge is 2.27. The van der Waals surface area contributed by atoms with Gasteiger partial charge in [-0.3, -0.25) is 19.8 Å². The van der Waals surface area contributed by atoms with Gasteiger partial charge in [-0.05, 0) is 18.5 Å². The van der Waals surface area contributed by atoms with Gasteiger partial charge in [0.2, 0.25) is 5.91 Å². The zero-order valence-electron chi connectivity index (χ0n) is 10.4. The van der Waals surface area contributed by atoms with Gasteiger partial charge in [0, 0.05) is 19.2 Å². The number of likely N-dealkylation sites (tertiary alicyclic amines) is 1. The summed E-state index contributed by atoms with van der Waals surface area (Å²) < 4.78 is 0. The standard InChI is InChI=1S/C12H16N4O3/c13-11-8(2-1-3-10(11)16(18)19)6-15-5-4-9(7-15)12(14)17/h1-3,9H,4-7,13H2,(H2,14,17). The number of rotatable bonds is 4. The number of amides is 1. The third-order valence-electron chi connectivity index (χ3n) is 3.44. The van der Waals surface area contributed by atoms with E-state index in [1.54, 1.807) is 12.1 Å². The Labute approximate surface area is 110 Å². The van der Waals surface area contributed by atoms with Crippen LogP contribution in [0.5, 0.6) is 0 Å². The highest BCUT2D eigenvalue weighted by Crippen LogP contribution is 2.27. The zero-order chi connectivity index (χ0) is 14.0. The Bertz CT molecular complexity index is 518. The van der Waals surface area contributed by atoms with E-state index in [-0.39, 0.29) is 23.2 Å². The lowest BCUT2D eigenvalue weighted by atomic mass is 10.1. The first-order chi connectivity index (χ1) is 8.99. The van der Waals surface area contributed by atoms with Crippen LogP contribution in [0.4, 0.5) is 11.4 Å². The molecule has 1 heterocycles. The van der Waals surface area contributed by atoms with Crippen LogP contribution in [-0.2, 0) is 11.3 Å². The van der Waals surface area contributed by atoms with Gasteiger partial charge in [-0.25, -0.2) is 0 Å². The number of nitro groups is 1. The molecule has 0 aliphatic carbocycles. The van der Waals surface area contributed by atoms with Gasteiger partial charge in [0.1, 0.15) is 5.69 Å². The number of anilines is 1. The van der Waals surface area contributed by atoms with Crippen molar-refractivity contribution >= 4 is 17.3 Å². The van der Waals surface area contributed by atoms with E-state index in [4.69, 9.17) is 11.5 Å². The summed E-state index contributed by atoms with van der Waals surface area (Å²) in [6.45, 7) is 1.82. The predicted octanol–water partition coefficient (Wildman–Crippen LogP) is 0.484. The van der Waals surface area contributed by atoms with Gasteiger partial charge in [0.15, 0.2) is 0 Å². The van der Waals surface area contributed by atoms with Gasteiger partial charge in [-0.15, -0.1) is 0 Å². The first-order valence-corrected chi connectivity index (χ1v) is 6.02. The summed E-state index contributed by atoms with van der Waals surface area (Å²) in [4.78, 5) is 23.4. The summed E-state index contributed by atoms with van der Waals surface area (Å²) in [5.74, 6) is -0.436. The maximum absolute atomic E-state index is 11.1. The minimum Gasteiger partial charge on any atom is -0.393 e. The topological polar surface area (TPSA) is 115 Å². The van der Waals surface area contributed by atoms with Gasteiger partial charge in [0.25, 0.3) is 5.69 Å². The number of hydrogen-bond donors (Lipinski definition) is 2. The number of benzene rings is 1. The van der Waals surface area contributed by atoms with Gasteiger partial charge in [-0.2, -0.15) is 0 Å². The van der Waals surface area contributed by atoms with Crippen LogP contribution in [0.3, 0.4) is 0 Å². The van der Waals surface area contributed by atoms with Crippen molar-refractivity contribution in [2.45, 2.75) is 13.0 Å². The third-order valence-corrected chi connectivity index (χ3v) is 3.44. The van der Waals surface area contributed by atoms with E-state index in [0.29, 0.717) is 18.7 Å². The summed E-state index contributed by atoms with van der Waals surface area (Å²) >= 11 is 0. The monoisotopic (exact) mass is 264 g/mol. The molecule has 1 aliphatic heterocycles. The number of carbonyl (C=O) groups excluding carboxylic acids is 1. The molecule has 0 bridgehead atoms. The number of nitrogens with two attached hydrogens (primary N) is 2. The molecule has 1 saturated heterocycles. The number of primary amides is 1. The van der Waals surface area contributed by atoms with Crippen LogP contribution in [0.15, 0.2) is 18.2 Å². The van der Waals surface area contributed by atoms with Crippen LogP contribution < -0.4 is 11.5 Å². The number of carbonyl (C=O) groups is 1. The minimum atomic E-state index is -0.491. The maximum atomic E-state index is 11.1. The van der Waals surface area contributed by atoms with Crippen molar-refractivity contribution < 1.29 is 9.72 Å². The van der Waals surface area contributed by atoms with Crippen molar-refractivity contribution in [2.75, 3.05) is 18.8 Å². The summed E-state index contributed by atoms with van der Waals surface area (Å²) in [5, 5.41) is 10.8. The largest absolute Gasteiger partial charge is 0.393 e. The van der Waals surface area contributed by atoms with Crippen molar-refractivity contribution in [2.24, 2.45) is 11.7 Å². The third kappa shape index (κ3) is 2.82. The first-order valence-electron chi connectivity index (χ1n) is 6.02. The molecule has 1 amide bonds. The molecule has 0 radical (unpaired) electrons. The highest BCUT2D eigenvalue weighted by atomic mass is 16.6. The lowest BCUT2D eigenvalue weighted by molar-refractivity contribution is -0.384. The van der Waals surface area contributed by atoms with Crippen LogP contribution in [-0.4, -0.2) is 28.8 Å². The Kier molecular flexibility index (Phi) is 3.66. The average molecular weight is 264 g/mol. The predicted molar refractivity (Wildman–Crippen MR) is 70.1 cm³/mol. The number of nitrogen functional groups attached to an aromatic ring is 1. The number of nitro benzene ring substituents is 1. The van der Waals surface area contributed by atoms with Gasteiger partial charge in [0.05, 0.1) is 10.8 Å². The van der Waals surface area contributed by atoms with Gasteiger partial charge in [-0.1, -0.05) is 12.1 Å². The SMILES string of the molecule is NC(=O)C1CCN(Cc2cccc([N+](=O)[O-])c2N)C1. The van der Waals surface area contributed by atoms with E-state index in [9.17, 15) is 14.9 Å². The zero-order valence-corrected chi connectivity index (χ0v) is 10.4. The average Bonchev–Trinajstić information content (AvgIpc) is 2.80. The lowest BCUT2D eigenvalue weighted by Crippen LogP contribution is -2.27. The molecule has 7 heteroatoms. The minimum absolute atomic E-state index is 0.0804. The molecule has 19 heavy (non-hydrogen) atoms. The quantitative estimate of drug-likeness (QED) is 0.466. The molecule has 0 spiro atoms. The smallest absolute Gasteiger partial charge is 0.292 e. The molecule has 0 saturated carbocycles. The normalized spacial score (nSPS) is 19.5. The molecule has 1 unspecified atom stereocenters. The van der Waals surface area contributed by atoms with Crippen LogP contribution in [0.1, 0.15) is 12.0 Å². The fraction of sp³-hybridized carbons (Fsp3) is 0.417. The molecule has 7 nitrogen and oxygen atoms in total. The molecule has 102 valence electrons. The Morgan fingerprint density at radius 2 is 2.26 bits per heavy atom. The molecular formula is C12H16N4O3. The van der Waals surface area contributed by atoms with E-state index in [2.05, 4.69) is 0 Å². The molecule has 1 aliphatic rings. The lowest BCUT2D eigenvalue weighted by Gasteiger charge is -2.16. The Morgan fingerprint density at radius 3 is 2.84 bits per heavy atom. The van der Waals surface area contributed by atoms with Crippen LogP contribution in [0.2, 0.25) is 0 Å². The van der Waals surface area contributed by atoms with E-state index in [0.717, 1.165) is 13.0 Å². The second kappa shape index (κ2) is 5.23. The van der Waals surface area contributed by atoms with Crippen molar-refractivity contribution in [3.8, 4) is 0 Å². The van der Waals surface area contributed by atoms with E-state index in [1.165, 1.54) is 6.07 Å². The second-order valence-corrected chi connectivity index (χ2v) is 4.73. The molecule has 2 rings (SSSR count). The van der Waals surface area contributed by atoms with Gasteiger partial charge >= 0.3 is 0 Å². The van der Waals surface area contributed by atoms with E-state index >= 15 is 0 Å². The van der Waals surface area contributed by atoms with Crippen molar-refractivity contribution in [3.63, 3.8) is 0 Å². The Hall–Kier alpha value is -2.15. The van der Waals surface area contributed by atoms with Crippen LogP contribution in [0.25, 0.3) is 0 Å². The Morgan fingerprint density at radius 1 is 1.53 bits per heavy atom. The van der Waals surface area contributed by atoms with Crippen LogP contribution >= 0.6 is 0 Å². The molecule has 4 N–H and O–H groups in total. The maximum Gasteiger partial charge on any atom is 0.292 e. The molecule has 1 atom stereocenters. The highest BCUT2D eigenvalue weighted by molar-refractivity contribution is 5.77. The van der Waals surface area contributed by atoms with Crippen molar-refractivity contribution in [1.82, 2.24) is 4.90 Å². The second-order valence-electron chi connectivity index (χ2n) is 4.73. The Balaban J connectivity index is 2.10. The summed E-state index contributed by atoms with van der Waals surface area (Å²) in [6, 6.07) is 4.76. The van der Waals surface area contributed by atoms with Gasteiger partial charge < -0.3 is 11.5 Å².